The van der Waals surface area contributed by atoms with Crippen molar-refractivity contribution in [1.82, 2.24) is 0 Å². The first-order chi connectivity index (χ1) is 11.5. The molecule has 0 saturated carbocycles. The monoisotopic (exact) mass is 319 g/mol. The molecule has 0 radical (unpaired) electrons. The average Bonchev–Trinajstić information content (AvgIpc) is 2.54. The van der Waals surface area contributed by atoms with Crippen LogP contribution < -0.4 is 5.32 Å². The molecule has 24 heavy (non-hydrogen) atoms. The molecule has 1 heteroatoms. The topological polar surface area (TPSA) is 12.0 Å². The summed E-state index contributed by atoms with van der Waals surface area (Å²) in [7, 11) is 0. The van der Waals surface area contributed by atoms with Crippen molar-refractivity contribution in [2.24, 2.45) is 5.41 Å². The van der Waals surface area contributed by atoms with Crippen molar-refractivity contribution in [2.45, 2.75) is 53.0 Å². The van der Waals surface area contributed by atoms with E-state index in [9.17, 15) is 0 Å². The number of hydrogen-bond acceptors (Lipinski definition) is 1. The lowest BCUT2D eigenvalue weighted by Gasteiger charge is -2.36. The van der Waals surface area contributed by atoms with Crippen LogP contribution in [-0.2, 0) is 0 Å². The molecule has 0 heterocycles. The van der Waals surface area contributed by atoms with Crippen molar-refractivity contribution in [3.8, 4) is 0 Å². The Bertz CT molecular complexity index is 723. The van der Waals surface area contributed by atoms with E-state index in [1.165, 1.54) is 40.8 Å². The summed E-state index contributed by atoms with van der Waals surface area (Å²) in [6.45, 7) is 9.20. The summed E-state index contributed by atoms with van der Waals surface area (Å²) in [5.41, 5.74) is 7.25. The number of allylic oxidation sites excluding steroid dienone is 2. The largest absolute Gasteiger partial charge is 0.382 e. The molecule has 0 atom stereocenters. The fourth-order valence-corrected chi connectivity index (χ4v) is 3.99. The highest BCUT2D eigenvalue weighted by molar-refractivity contribution is 5.96. The highest BCUT2D eigenvalue weighted by Crippen LogP contribution is 2.50. The summed E-state index contributed by atoms with van der Waals surface area (Å²) >= 11 is 0. The molecule has 2 aromatic rings. The Morgan fingerprint density at radius 1 is 0.917 bits per heavy atom. The Balaban J connectivity index is 2.21. The Morgan fingerprint density at radius 2 is 1.58 bits per heavy atom. The molecule has 1 N–H and O–H groups in total. The van der Waals surface area contributed by atoms with Crippen LogP contribution >= 0.6 is 0 Å². The van der Waals surface area contributed by atoms with Gasteiger partial charge in [0.15, 0.2) is 0 Å². The van der Waals surface area contributed by atoms with Crippen LogP contribution in [0.4, 0.5) is 5.69 Å². The zero-order chi connectivity index (χ0) is 17.2. The fraction of sp³-hybridized carbons (Fsp3) is 0.391. The van der Waals surface area contributed by atoms with Crippen molar-refractivity contribution in [3.05, 3.63) is 65.7 Å². The van der Waals surface area contributed by atoms with E-state index in [-0.39, 0.29) is 5.41 Å². The van der Waals surface area contributed by atoms with Crippen LogP contribution in [0, 0.1) is 5.41 Å². The molecule has 0 amide bonds. The van der Waals surface area contributed by atoms with Crippen LogP contribution in [0.15, 0.2) is 54.6 Å². The third kappa shape index (κ3) is 3.40. The SMILES string of the molecule is CC(C)Nc1ccccc1C1=C(c2ccccc2)C(C)(C)CCC1. The minimum atomic E-state index is 0.208. The minimum Gasteiger partial charge on any atom is -0.382 e. The first-order valence-corrected chi connectivity index (χ1v) is 9.14. The van der Waals surface area contributed by atoms with Crippen molar-refractivity contribution in [3.63, 3.8) is 0 Å². The zero-order valence-electron chi connectivity index (χ0n) is 15.4. The van der Waals surface area contributed by atoms with E-state index in [0.717, 1.165) is 6.42 Å². The van der Waals surface area contributed by atoms with E-state index in [4.69, 9.17) is 0 Å². The van der Waals surface area contributed by atoms with Gasteiger partial charge in [0.05, 0.1) is 0 Å². The van der Waals surface area contributed by atoms with Crippen LogP contribution in [0.2, 0.25) is 0 Å². The Labute approximate surface area is 146 Å². The molecule has 2 aromatic carbocycles. The van der Waals surface area contributed by atoms with E-state index in [1.807, 2.05) is 0 Å². The van der Waals surface area contributed by atoms with Crippen molar-refractivity contribution in [1.29, 1.82) is 0 Å². The van der Waals surface area contributed by atoms with Crippen LogP contribution in [0.25, 0.3) is 11.1 Å². The molecular formula is C23H29N. The molecule has 3 rings (SSSR count). The van der Waals surface area contributed by atoms with Gasteiger partial charge in [0.1, 0.15) is 0 Å². The van der Waals surface area contributed by atoms with Crippen LogP contribution in [0.3, 0.4) is 0 Å². The Hall–Kier alpha value is -2.02. The van der Waals surface area contributed by atoms with Gasteiger partial charge in [0, 0.05) is 17.3 Å². The second kappa shape index (κ2) is 6.84. The fourth-order valence-electron chi connectivity index (χ4n) is 3.99. The van der Waals surface area contributed by atoms with E-state index in [2.05, 4.69) is 87.6 Å². The molecule has 0 aromatic heterocycles. The average molecular weight is 319 g/mol. The van der Waals surface area contributed by atoms with Gasteiger partial charge < -0.3 is 5.32 Å². The quantitative estimate of drug-likeness (QED) is 0.667. The highest BCUT2D eigenvalue weighted by Gasteiger charge is 2.31. The summed E-state index contributed by atoms with van der Waals surface area (Å²) in [5.74, 6) is 0. The van der Waals surface area contributed by atoms with Gasteiger partial charge in [0.25, 0.3) is 0 Å². The van der Waals surface area contributed by atoms with Crippen molar-refractivity contribution in [2.75, 3.05) is 5.32 Å². The summed E-state index contributed by atoms with van der Waals surface area (Å²) in [6.07, 6.45) is 3.67. The molecule has 0 spiro atoms. The van der Waals surface area contributed by atoms with Crippen LogP contribution in [0.5, 0.6) is 0 Å². The molecule has 1 nitrogen and oxygen atoms in total. The van der Waals surface area contributed by atoms with Gasteiger partial charge >= 0.3 is 0 Å². The molecule has 1 aliphatic rings. The molecule has 0 aliphatic heterocycles. The van der Waals surface area contributed by atoms with Gasteiger partial charge in [0.2, 0.25) is 0 Å². The maximum Gasteiger partial charge on any atom is 0.0418 e. The van der Waals surface area contributed by atoms with Crippen LogP contribution in [-0.4, -0.2) is 6.04 Å². The van der Waals surface area contributed by atoms with Crippen molar-refractivity contribution >= 4 is 16.8 Å². The number of para-hydroxylation sites is 1. The number of rotatable bonds is 4. The molecule has 0 unspecified atom stereocenters. The third-order valence-corrected chi connectivity index (χ3v) is 4.97. The second-order valence-electron chi connectivity index (χ2n) is 7.80. The third-order valence-electron chi connectivity index (χ3n) is 4.97. The minimum absolute atomic E-state index is 0.208. The van der Waals surface area contributed by atoms with E-state index in [0.29, 0.717) is 6.04 Å². The summed E-state index contributed by atoms with van der Waals surface area (Å²) in [5, 5.41) is 3.64. The molecule has 0 fully saturated rings. The van der Waals surface area contributed by atoms with Gasteiger partial charge in [-0.3, -0.25) is 0 Å². The first kappa shape index (κ1) is 16.8. The van der Waals surface area contributed by atoms with E-state index >= 15 is 0 Å². The number of hydrogen-bond donors (Lipinski definition) is 1. The van der Waals surface area contributed by atoms with Gasteiger partial charge in [-0.1, -0.05) is 62.4 Å². The molecule has 126 valence electrons. The number of nitrogens with one attached hydrogen (secondary N) is 1. The normalized spacial score (nSPS) is 17.2. The summed E-state index contributed by atoms with van der Waals surface area (Å²) in [6, 6.07) is 20.2. The van der Waals surface area contributed by atoms with E-state index < -0.39 is 0 Å². The lowest BCUT2D eigenvalue weighted by atomic mass is 9.68. The Morgan fingerprint density at radius 3 is 2.29 bits per heavy atom. The first-order valence-electron chi connectivity index (χ1n) is 9.14. The molecule has 1 aliphatic carbocycles. The molecule has 0 bridgehead atoms. The standard InChI is InChI=1S/C23H29N/c1-17(2)24-21-15-9-8-13-19(21)20-14-10-16-23(3,4)22(20)18-11-6-5-7-12-18/h5-9,11-13,15,17,24H,10,14,16H2,1-4H3. The summed E-state index contributed by atoms with van der Waals surface area (Å²) < 4.78 is 0. The lowest BCUT2D eigenvalue weighted by Crippen LogP contribution is -2.20. The van der Waals surface area contributed by atoms with Gasteiger partial charge in [-0.15, -0.1) is 0 Å². The van der Waals surface area contributed by atoms with Gasteiger partial charge in [-0.05, 0) is 61.3 Å². The van der Waals surface area contributed by atoms with Gasteiger partial charge in [-0.25, -0.2) is 0 Å². The van der Waals surface area contributed by atoms with Gasteiger partial charge in [-0.2, -0.15) is 0 Å². The highest BCUT2D eigenvalue weighted by atomic mass is 14.9. The molecular weight excluding hydrogens is 290 g/mol. The maximum atomic E-state index is 3.64. The maximum absolute atomic E-state index is 3.64. The molecule has 0 saturated heterocycles. The summed E-state index contributed by atoms with van der Waals surface area (Å²) in [4.78, 5) is 0. The van der Waals surface area contributed by atoms with Crippen molar-refractivity contribution < 1.29 is 0 Å². The lowest BCUT2D eigenvalue weighted by molar-refractivity contribution is 0.429. The predicted octanol–water partition coefficient (Wildman–Crippen LogP) is 6.63. The van der Waals surface area contributed by atoms with E-state index in [1.54, 1.807) is 0 Å². The predicted molar refractivity (Wildman–Crippen MR) is 106 cm³/mol. The zero-order valence-corrected chi connectivity index (χ0v) is 15.4. The second-order valence-corrected chi connectivity index (χ2v) is 7.80. The smallest absolute Gasteiger partial charge is 0.0418 e. The van der Waals surface area contributed by atoms with Crippen LogP contribution in [0.1, 0.15) is 58.1 Å². The number of benzene rings is 2. The Kier molecular flexibility index (Phi) is 4.80. The number of anilines is 1.